The molecule has 0 saturated carbocycles. The Hall–Kier alpha value is -4.91. The lowest BCUT2D eigenvalue weighted by molar-refractivity contribution is -0.192. The minimum Gasteiger partial charge on any atom is -0.489 e. The SMILES string of the molecule is Cc1cc(COc2ccc(N3CC[C@H]([C@@H](C(=O)NO)n4cccc4)C3=O)cc2)c2ccccc2n1.O=C(O)C(F)(F)F. The van der Waals surface area contributed by atoms with Crippen molar-refractivity contribution < 1.29 is 42.6 Å². The van der Waals surface area contributed by atoms with Gasteiger partial charge in [-0.25, -0.2) is 10.3 Å². The fraction of sp³-hybridized carbons (Fsp3) is 0.241. The van der Waals surface area contributed by atoms with E-state index in [4.69, 9.17) is 14.6 Å². The molecule has 1 aliphatic heterocycles. The molecule has 2 aromatic carbocycles. The molecule has 0 unspecified atom stereocenters. The van der Waals surface area contributed by atoms with Crippen molar-refractivity contribution >= 4 is 34.4 Å². The second-order valence-electron chi connectivity index (χ2n) is 9.46. The highest BCUT2D eigenvalue weighted by Crippen LogP contribution is 2.33. The minimum absolute atomic E-state index is 0.153. The third-order valence-electron chi connectivity index (χ3n) is 6.67. The number of fused-ring (bicyclic) bond motifs is 1. The van der Waals surface area contributed by atoms with Crippen LogP contribution < -0.4 is 15.1 Å². The second-order valence-corrected chi connectivity index (χ2v) is 9.46. The summed E-state index contributed by atoms with van der Waals surface area (Å²) in [6.45, 7) is 2.86. The number of aliphatic carboxylic acids is 1. The van der Waals surface area contributed by atoms with Gasteiger partial charge in [-0.2, -0.15) is 13.2 Å². The molecule has 0 spiro atoms. The van der Waals surface area contributed by atoms with E-state index in [1.165, 1.54) is 0 Å². The number of halogens is 3. The van der Waals surface area contributed by atoms with Gasteiger partial charge in [-0.05, 0) is 61.9 Å². The Bertz CT molecular complexity index is 1560. The van der Waals surface area contributed by atoms with Gasteiger partial charge in [0.2, 0.25) is 5.91 Å². The van der Waals surface area contributed by atoms with Gasteiger partial charge in [0.25, 0.3) is 5.91 Å². The molecule has 220 valence electrons. The molecule has 3 N–H and O–H groups in total. The molecule has 4 aromatic rings. The smallest absolute Gasteiger partial charge is 0.489 e. The molecule has 1 aliphatic rings. The number of alkyl halides is 3. The van der Waals surface area contributed by atoms with Gasteiger partial charge in [0.1, 0.15) is 18.4 Å². The average Bonchev–Trinajstić information content (AvgIpc) is 3.62. The molecule has 13 heteroatoms. The summed E-state index contributed by atoms with van der Waals surface area (Å²) in [6, 6.07) is 20.2. The Balaban J connectivity index is 0.000000517. The Morgan fingerprint density at radius 2 is 1.74 bits per heavy atom. The fourth-order valence-corrected chi connectivity index (χ4v) is 4.77. The summed E-state index contributed by atoms with van der Waals surface area (Å²) in [6.07, 6.45) is -1.15. The van der Waals surface area contributed by atoms with E-state index in [1.807, 2.05) is 61.5 Å². The summed E-state index contributed by atoms with van der Waals surface area (Å²) in [5.41, 5.74) is 5.39. The van der Waals surface area contributed by atoms with Crippen LogP contribution in [0.1, 0.15) is 23.7 Å². The third-order valence-corrected chi connectivity index (χ3v) is 6.67. The predicted molar refractivity (Wildman–Crippen MR) is 145 cm³/mol. The largest absolute Gasteiger partial charge is 0.490 e. The lowest BCUT2D eigenvalue weighted by atomic mass is 9.97. The van der Waals surface area contributed by atoms with Crippen molar-refractivity contribution in [2.24, 2.45) is 5.92 Å². The highest BCUT2D eigenvalue weighted by atomic mass is 19.4. The monoisotopic (exact) mass is 584 g/mol. The molecule has 0 bridgehead atoms. The van der Waals surface area contributed by atoms with Crippen LogP contribution in [0.5, 0.6) is 5.75 Å². The molecule has 0 radical (unpaired) electrons. The number of carboxylic acids is 1. The number of hydrogen-bond acceptors (Lipinski definition) is 6. The molecule has 42 heavy (non-hydrogen) atoms. The number of hydroxylamine groups is 1. The number of nitrogens with one attached hydrogen (secondary N) is 1. The van der Waals surface area contributed by atoms with E-state index in [1.54, 1.807) is 39.5 Å². The number of carboxylic acid groups (broad SMARTS) is 1. The fourth-order valence-electron chi connectivity index (χ4n) is 4.77. The topological polar surface area (TPSA) is 134 Å². The predicted octanol–water partition coefficient (Wildman–Crippen LogP) is 4.66. The van der Waals surface area contributed by atoms with E-state index in [0.29, 0.717) is 25.3 Å². The number of aromatic nitrogens is 2. The van der Waals surface area contributed by atoms with Gasteiger partial charge in [-0.15, -0.1) is 0 Å². The summed E-state index contributed by atoms with van der Waals surface area (Å²) in [5.74, 6) is -3.40. The van der Waals surface area contributed by atoms with Crippen molar-refractivity contribution in [1.82, 2.24) is 15.0 Å². The summed E-state index contributed by atoms with van der Waals surface area (Å²) in [7, 11) is 0. The number of aryl methyl sites for hydroxylation is 1. The van der Waals surface area contributed by atoms with Gasteiger partial charge in [0.05, 0.1) is 11.4 Å². The van der Waals surface area contributed by atoms with Crippen molar-refractivity contribution in [2.45, 2.75) is 32.2 Å². The van der Waals surface area contributed by atoms with Crippen molar-refractivity contribution in [2.75, 3.05) is 11.4 Å². The maximum Gasteiger partial charge on any atom is 0.490 e. The molecule has 0 aliphatic carbocycles. The van der Waals surface area contributed by atoms with E-state index in [-0.39, 0.29) is 5.91 Å². The zero-order valence-corrected chi connectivity index (χ0v) is 22.3. The summed E-state index contributed by atoms with van der Waals surface area (Å²) < 4.78 is 39.4. The number of para-hydroxylation sites is 1. The minimum atomic E-state index is -5.08. The van der Waals surface area contributed by atoms with Crippen LogP contribution in [0.2, 0.25) is 0 Å². The van der Waals surface area contributed by atoms with Crippen molar-refractivity contribution in [3.8, 4) is 5.75 Å². The molecular formula is C29H27F3N4O6. The number of amides is 2. The maximum atomic E-state index is 13.2. The molecule has 10 nitrogen and oxygen atoms in total. The average molecular weight is 585 g/mol. The van der Waals surface area contributed by atoms with Gasteiger partial charge in [-0.3, -0.25) is 19.8 Å². The Labute approximate surface area is 237 Å². The Morgan fingerprint density at radius 3 is 2.36 bits per heavy atom. The highest BCUT2D eigenvalue weighted by molar-refractivity contribution is 6.00. The van der Waals surface area contributed by atoms with Crippen LogP contribution in [0.4, 0.5) is 18.9 Å². The first kappa shape index (κ1) is 30.1. The molecule has 1 saturated heterocycles. The van der Waals surface area contributed by atoms with Gasteiger partial charge in [0, 0.05) is 41.3 Å². The summed E-state index contributed by atoms with van der Waals surface area (Å²) in [5, 5.41) is 17.4. The molecule has 3 heterocycles. The van der Waals surface area contributed by atoms with Gasteiger partial charge in [-0.1, -0.05) is 18.2 Å². The molecule has 1 fully saturated rings. The van der Waals surface area contributed by atoms with Crippen molar-refractivity contribution in [3.05, 3.63) is 90.4 Å². The summed E-state index contributed by atoms with van der Waals surface area (Å²) >= 11 is 0. The number of anilines is 1. The van der Waals surface area contributed by atoms with Gasteiger partial charge in [0.15, 0.2) is 0 Å². The zero-order chi connectivity index (χ0) is 30.4. The van der Waals surface area contributed by atoms with Gasteiger partial charge < -0.3 is 19.3 Å². The van der Waals surface area contributed by atoms with Gasteiger partial charge >= 0.3 is 12.1 Å². The van der Waals surface area contributed by atoms with Crippen molar-refractivity contribution in [1.29, 1.82) is 0 Å². The van der Waals surface area contributed by atoms with Crippen LogP contribution in [0.15, 0.2) is 79.1 Å². The van der Waals surface area contributed by atoms with Crippen LogP contribution in [0.25, 0.3) is 10.9 Å². The number of benzene rings is 2. The van der Waals surface area contributed by atoms with E-state index in [2.05, 4.69) is 4.98 Å². The van der Waals surface area contributed by atoms with E-state index >= 15 is 0 Å². The first-order valence-corrected chi connectivity index (χ1v) is 12.8. The lowest BCUT2D eigenvalue weighted by Gasteiger charge is -2.23. The molecule has 2 amide bonds. The summed E-state index contributed by atoms with van der Waals surface area (Å²) in [4.78, 5) is 40.7. The second kappa shape index (κ2) is 12.7. The first-order valence-electron chi connectivity index (χ1n) is 12.8. The van der Waals surface area contributed by atoms with Crippen LogP contribution in [0, 0.1) is 12.8 Å². The Morgan fingerprint density at radius 1 is 1.10 bits per heavy atom. The van der Waals surface area contributed by atoms with E-state index in [9.17, 15) is 28.0 Å². The quantitative estimate of drug-likeness (QED) is 0.213. The zero-order valence-electron chi connectivity index (χ0n) is 22.3. The number of nitrogens with zero attached hydrogens (tertiary/aromatic N) is 3. The number of pyridine rings is 1. The number of rotatable bonds is 7. The van der Waals surface area contributed by atoms with Crippen LogP contribution in [-0.4, -0.2) is 50.4 Å². The number of ether oxygens (including phenoxy) is 1. The molecular weight excluding hydrogens is 557 g/mol. The number of carbonyl (C=O) groups excluding carboxylic acids is 2. The van der Waals surface area contributed by atoms with Crippen LogP contribution >= 0.6 is 0 Å². The van der Waals surface area contributed by atoms with E-state index in [0.717, 1.165) is 27.8 Å². The maximum absolute atomic E-state index is 13.2. The standard InChI is InChI=1S/C27H26N4O4.C2HF3O2/c1-18-16-19(22-6-2-3-7-24(22)28-18)17-35-21-10-8-20(9-11-21)31-15-12-23(27(31)33)25(26(32)29-34)30-13-4-5-14-30;3-2(4,5)1(6)7/h2-11,13-14,16,23,25,34H,12,15,17H2,1H3,(H,29,32);(H,6,7)/t23-,25+;/m1./s1. The van der Waals surface area contributed by atoms with Crippen LogP contribution in [-0.2, 0) is 21.0 Å². The molecule has 5 rings (SSSR count). The lowest BCUT2D eigenvalue weighted by Crippen LogP contribution is -2.38. The molecule has 2 aromatic heterocycles. The third kappa shape index (κ3) is 6.86. The van der Waals surface area contributed by atoms with Crippen LogP contribution in [0.3, 0.4) is 0 Å². The van der Waals surface area contributed by atoms with E-state index < -0.39 is 30.0 Å². The molecule has 2 atom stereocenters. The highest BCUT2D eigenvalue weighted by Gasteiger charge is 2.42. The first-order chi connectivity index (χ1) is 20.0. The Kier molecular flexibility index (Phi) is 9.11. The number of hydrogen-bond donors (Lipinski definition) is 3. The normalized spacial score (nSPS) is 15.6. The number of carbonyl (C=O) groups is 3. The van der Waals surface area contributed by atoms with Crippen molar-refractivity contribution in [3.63, 3.8) is 0 Å².